The Kier molecular flexibility index (Phi) is 4.68. The Balaban J connectivity index is 1.63. The van der Waals surface area contributed by atoms with Gasteiger partial charge in [0.2, 0.25) is 0 Å². The molecule has 0 aliphatic rings. The van der Waals surface area contributed by atoms with E-state index < -0.39 is 0 Å². The molecule has 0 atom stereocenters. The minimum atomic E-state index is -0.344. The zero-order valence-corrected chi connectivity index (χ0v) is 16.1. The first-order valence-electron chi connectivity index (χ1n) is 8.33. The number of nitrogens with one attached hydrogen (secondary N) is 1. The van der Waals surface area contributed by atoms with E-state index in [1.54, 1.807) is 28.8 Å². The van der Waals surface area contributed by atoms with Crippen molar-refractivity contribution in [1.29, 1.82) is 0 Å². The summed E-state index contributed by atoms with van der Waals surface area (Å²) in [5, 5.41) is 18.9. The fraction of sp³-hybridized carbons (Fsp3) is 0.0952. The van der Waals surface area contributed by atoms with Gasteiger partial charge in [-0.05, 0) is 47.5 Å². The van der Waals surface area contributed by atoms with Crippen LogP contribution in [-0.2, 0) is 6.54 Å². The third kappa shape index (κ3) is 3.34. The first kappa shape index (κ1) is 17.7. The topological polar surface area (TPSA) is 49.3 Å². The van der Waals surface area contributed by atoms with Crippen molar-refractivity contribution in [2.45, 2.75) is 13.5 Å². The van der Waals surface area contributed by atoms with Gasteiger partial charge < -0.3 is 10.4 Å². The normalized spacial score (nSPS) is 11.0. The molecule has 0 spiro atoms. The molecular formula is C21H16FNO2S2. The summed E-state index contributed by atoms with van der Waals surface area (Å²) in [6.45, 7) is 2.20. The van der Waals surface area contributed by atoms with E-state index >= 15 is 0 Å². The number of carbonyl (C=O) groups is 1. The van der Waals surface area contributed by atoms with E-state index in [0.29, 0.717) is 28.2 Å². The molecule has 0 saturated carbocycles. The fourth-order valence-electron chi connectivity index (χ4n) is 3.02. The van der Waals surface area contributed by atoms with Crippen LogP contribution in [0.2, 0.25) is 0 Å². The predicted octanol–water partition coefficient (Wildman–Crippen LogP) is 6.21. The number of carbonyl (C=O) groups excluding carboxylic acids is 1. The van der Waals surface area contributed by atoms with Crippen molar-refractivity contribution in [3.8, 4) is 16.9 Å². The van der Waals surface area contributed by atoms with E-state index in [-0.39, 0.29) is 11.6 Å². The van der Waals surface area contributed by atoms with Crippen LogP contribution in [0.15, 0.2) is 47.2 Å². The summed E-state index contributed by atoms with van der Waals surface area (Å²) < 4.78 is 15.4. The first-order valence-corrected chi connectivity index (χ1v) is 10.1. The molecule has 2 N–H and O–H groups in total. The SMILES string of the molecule is Cc1ccc(-c2csc(NCc3cc4sccc4cc3O)c2C=O)c(F)c1. The van der Waals surface area contributed by atoms with Crippen molar-refractivity contribution < 1.29 is 14.3 Å². The van der Waals surface area contributed by atoms with Gasteiger partial charge in [-0.15, -0.1) is 22.7 Å². The van der Waals surface area contributed by atoms with E-state index in [4.69, 9.17) is 0 Å². The van der Waals surface area contributed by atoms with Gasteiger partial charge >= 0.3 is 0 Å². The Morgan fingerprint density at radius 2 is 2.00 bits per heavy atom. The van der Waals surface area contributed by atoms with Crippen LogP contribution in [0, 0.1) is 12.7 Å². The number of aldehydes is 1. The van der Waals surface area contributed by atoms with Crippen molar-refractivity contribution in [2.75, 3.05) is 5.32 Å². The molecule has 0 amide bonds. The maximum absolute atomic E-state index is 14.3. The second kappa shape index (κ2) is 7.13. The van der Waals surface area contributed by atoms with Gasteiger partial charge in [0.25, 0.3) is 0 Å². The Hall–Kier alpha value is -2.70. The number of rotatable bonds is 5. The second-order valence-corrected chi connectivity index (χ2v) is 8.11. The molecule has 0 saturated heterocycles. The monoisotopic (exact) mass is 397 g/mol. The highest BCUT2D eigenvalue weighted by atomic mass is 32.1. The molecule has 136 valence electrons. The maximum atomic E-state index is 14.3. The molecule has 0 fully saturated rings. The molecule has 0 bridgehead atoms. The van der Waals surface area contributed by atoms with E-state index in [0.717, 1.165) is 27.5 Å². The Morgan fingerprint density at radius 3 is 2.78 bits per heavy atom. The van der Waals surface area contributed by atoms with Gasteiger partial charge in [-0.1, -0.05) is 12.1 Å². The third-order valence-electron chi connectivity index (χ3n) is 4.46. The standard InChI is InChI=1S/C21H16FNO2S2/c1-12-2-3-15(18(22)6-12)17-11-27-21(16(17)10-24)23-9-14-8-20-13(4-5-26-20)7-19(14)25/h2-8,10-11,23,25H,9H2,1H3. The maximum Gasteiger partial charge on any atom is 0.153 e. The number of fused-ring (bicyclic) bond motifs is 1. The van der Waals surface area contributed by atoms with Gasteiger partial charge in [-0.25, -0.2) is 4.39 Å². The number of phenolic OH excluding ortho intramolecular Hbond substituents is 1. The van der Waals surface area contributed by atoms with E-state index in [1.165, 1.54) is 17.4 Å². The van der Waals surface area contributed by atoms with Crippen LogP contribution < -0.4 is 5.32 Å². The van der Waals surface area contributed by atoms with E-state index in [1.807, 2.05) is 30.5 Å². The van der Waals surface area contributed by atoms with Crippen molar-refractivity contribution in [1.82, 2.24) is 0 Å². The lowest BCUT2D eigenvalue weighted by molar-refractivity contribution is 0.112. The summed E-state index contributed by atoms with van der Waals surface area (Å²) in [5.41, 5.74) is 3.00. The van der Waals surface area contributed by atoms with Crippen molar-refractivity contribution in [2.24, 2.45) is 0 Å². The second-order valence-electron chi connectivity index (χ2n) is 6.29. The van der Waals surface area contributed by atoms with Crippen molar-refractivity contribution >= 4 is 44.0 Å². The predicted molar refractivity (Wildman–Crippen MR) is 111 cm³/mol. The molecule has 0 radical (unpaired) electrons. The first-order chi connectivity index (χ1) is 13.1. The van der Waals surface area contributed by atoms with Gasteiger partial charge in [0.05, 0.1) is 10.6 Å². The van der Waals surface area contributed by atoms with Crippen LogP contribution in [0.25, 0.3) is 21.2 Å². The third-order valence-corrected chi connectivity index (χ3v) is 6.29. The lowest BCUT2D eigenvalue weighted by atomic mass is 10.0. The Morgan fingerprint density at radius 1 is 1.15 bits per heavy atom. The lowest BCUT2D eigenvalue weighted by Gasteiger charge is -2.09. The fourth-order valence-corrected chi connectivity index (χ4v) is 4.79. The molecular weight excluding hydrogens is 381 g/mol. The Bertz CT molecular complexity index is 1150. The molecule has 0 aliphatic carbocycles. The number of benzene rings is 2. The number of aryl methyl sites for hydroxylation is 1. The highest BCUT2D eigenvalue weighted by Gasteiger charge is 2.16. The number of hydrogen-bond acceptors (Lipinski definition) is 5. The zero-order chi connectivity index (χ0) is 19.0. The quantitative estimate of drug-likeness (QED) is 0.394. The van der Waals surface area contributed by atoms with Crippen LogP contribution in [0.5, 0.6) is 5.75 Å². The van der Waals surface area contributed by atoms with Crippen LogP contribution >= 0.6 is 22.7 Å². The van der Waals surface area contributed by atoms with Crippen molar-refractivity contribution in [3.63, 3.8) is 0 Å². The van der Waals surface area contributed by atoms with Gasteiger partial charge in [-0.3, -0.25) is 4.79 Å². The van der Waals surface area contributed by atoms with Gasteiger partial charge in [0.15, 0.2) is 6.29 Å². The molecule has 27 heavy (non-hydrogen) atoms. The number of anilines is 1. The molecule has 4 aromatic rings. The summed E-state index contributed by atoms with van der Waals surface area (Å²) in [6, 6.07) is 10.6. The van der Waals surface area contributed by atoms with Crippen LogP contribution in [-0.4, -0.2) is 11.4 Å². The molecule has 0 unspecified atom stereocenters. The Labute approximate surface area is 163 Å². The highest BCUT2D eigenvalue weighted by Crippen LogP contribution is 2.37. The summed E-state index contributed by atoms with van der Waals surface area (Å²) in [4.78, 5) is 11.7. The number of hydrogen-bond donors (Lipinski definition) is 2. The van der Waals surface area contributed by atoms with Crippen LogP contribution in [0.4, 0.5) is 9.39 Å². The molecule has 4 rings (SSSR count). The minimum Gasteiger partial charge on any atom is -0.508 e. The molecule has 0 aliphatic heterocycles. The minimum absolute atomic E-state index is 0.211. The smallest absolute Gasteiger partial charge is 0.153 e. The molecule has 3 nitrogen and oxygen atoms in total. The number of thiophene rings is 2. The average Bonchev–Trinajstić information content (AvgIpc) is 3.25. The van der Waals surface area contributed by atoms with Crippen LogP contribution in [0.3, 0.4) is 0 Å². The van der Waals surface area contributed by atoms with Gasteiger partial charge in [-0.2, -0.15) is 0 Å². The highest BCUT2D eigenvalue weighted by molar-refractivity contribution is 7.17. The lowest BCUT2D eigenvalue weighted by Crippen LogP contribution is -2.00. The molecule has 2 aromatic carbocycles. The molecule has 2 aromatic heterocycles. The summed E-state index contributed by atoms with van der Waals surface area (Å²) >= 11 is 2.96. The van der Waals surface area contributed by atoms with Crippen molar-refractivity contribution in [3.05, 3.63) is 69.7 Å². The summed E-state index contributed by atoms with van der Waals surface area (Å²) in [7, 11) is 0. The molecule has 2 heterocycles. The van der Waals surface area contributed by atoms with Gasteiger partial charge in [0.1, 0.15) is 11.6 Å². The number of phenols is 1. The van der Waals surface area contributed by atoms with E-state index in [2.05, 4.69) is 5.32 Å². The largest absolute Gasteiger partial charge is 0.508 e. The number of aromatic hydroxyl groups is 1. The van der Waals surface area contributed by atoms with E-state index in [9.17, 15) is 14.3 Å². The van der Waals surface area contributed by atoms with Gasteiger partial charge in [0, 0.05) is 33.3 Å². The average molecular weight is 397 g/mol. The number of halogens is 1. The zero-order valence-electron chi connectivity index (χ0n) is 14.5. The van der Waals surface area contributed by atoms with Crippen LogP contribution in [0.1, 0.15) is 21.5 Å². The molecule has 6 heteroatoms. The summed E-state index contributed by atoms with van der Waals surface area (Å²) in [5.74, 6) is -0.134. The summed E-state index contributed by atoms with van der Waals surface area (Å²) in [6.07, 6.45) is 0.746.